The molecule has 0 saturated carbocycles. The smallest absolute Gasteiger partial charge is 0.232 e. The molecule has 0 aromatic rings. The number of amides is 1. The number of nitrogens with two attached hydrogens (primary N) is 1. The van der Waals surface area contributed by atoms with E-state index in [-0.39, 0.29) is 22.7 Å². The standard InChI is InChI=1S/C12H22N2O2S/c1-3-4-9(11(13)17)12(16)14-6-5-8(2)10(15)7-14/h8-10,15H,3-7H2,1-2H3,(H2,13,17). The zero-order valence-electron chi connectivity index (χ0n) is 10.6. The summed E-state index contributed by atoms with van der Waals surface area (Å²) in [6.45, 7) is 5.11. The minimum atomic E-state index is -0.429. The Hall–Kier alpha value is -0.680. The van der Waals surface area contributed by atoms with Crippen molar-refractivity contribution in [2.24, 2.45) is 17.6 Å². The molecule has 3 atom stereocenters. The van der Waals surface area contributed by atoms with Gasteiger partial charge in [0, 0.05) is 13.1 Å². The van der Waals surface area contributed by atoms with E-state index in [0.29, 0.717) is 19.5 Å². The maximum absolute atomic E-state index is 12.2. The second-order valence-corrected chi connectivity index (χ2v) is 5.33. The fraction of sp³-hybridized carbons (Fsp3) is 0.833. The van der Waals surface area contributed by atoms with Gasteiger partial charge in [-0.1, -0.05) is 32.5 Å². The summed E-state index contributed by atoms with van der Waals surface area (Å²) in [6, 6.07) is 0. The summed E-state index contributed by atoms with van der Waals surface area (Å²) < 4.78 is 0. The Bertz CT molecular complexity index is 296. The van der Waals surface area contributed by atoms with Crippen LogP contribution in [0, 0.1) is 11.8 Å². The molecule has 1 fully saturated rings. The van der Waals surface area contributed by atoms with E-state index >= 15 is 0 Å². The molecule has 0 spiro atoms. The first-order valence-corrected chi connectivity index (χ1v) is 6.64. The van der Waals surface area contributed by atoms with Crippen LogP contribution in [0.1, 0.15) is 33.1 Å². The monoisotopic (exact) mass is 258 g/mol. The molecular weight excluding hydrogens is 236 g/mol. The van der Waals surface area contributed by atoms with Gasteiger partial charge in [-0.25, -0.2) is 0 Å². The number of piperidine rings is 1. The molecule has 3 N–H and O–H groups in total. The van der Waals surface area contributed by atoms with Crippen molar-refractivity contribution in [1.29, 1.82) is 0 Å². The van der Waals surface area contributed by atoms with Crippen LogP contribution in [0.4, 0.5) is 0 Å². The number of thiocarbonyl (C=S) groups is 1. The number of aliphatic hydroxyl groups excluding tert-OH is 1. The number of rotatable bonds is 4. The first-order chi connectivity index (χ1) is 7.97. The average Bonchev–Trinajstić information content (AvgIpc) is 2.28. The highest BCUT2D eigenvalue weighted by molar-refractivity contribution is 7.80. The van der Waals surface area contributed by atoms with Gasteiger partial charge in [-0.3, -0.25) is 4.79 Å². The predicted molar refractivity (Wildman–Crippen MR) is 71.6 cm³/mol. The minimum absolute atomic E-state index is 0.0229. The molecule has 5 heteroatoms. The van der Waals surface area contributed by atoms with Gasteiger partial charge in [0.25, 0.3) is 0 Å². The quantitative estimate of drug-likeness (QED) is 0.736. The highest BCUT2D eigenvalue weighted by Crippen LogP contribution is 2.20. The lowest BCUT2D eigenvalue weighted by Crippen LogP contribution is -2.49. The van der Waals surface area contributed by atoms with Gasteiger partial charge < -0.3 is 15.7 Å². The van der Waals surface area contributed by atoms with Gasteiger partial charge in [-0.05, 0) is 18.8 Å². The summed E-state index contributed by atoms with van der Waals surface area (Å²) in [6.07, 6.45) is 1.97. The van der Waals surface area contributed by atoms with Crippen LogP contribution in [-0.2, 0) is 4.79 Å². The molecule has 4 nitrogen and oxygen atoms in total. The number of hydrogen-bond donors (Lipinski definition) is 2. The third-order valence-corrected chi connectivity index (χ3v) is 3.73. The van der Waals surface area contributed by atoms with Crippen LogP contribution in [0.2, 0.25) is 0 Å². The number of likely N-dealkylation sites (tertiary alicyclic amines) is 1. The lowest BCUT2D eigenvalue weighted by molar-refractivity contribution is -0.137. The summed E-state index contributed by atoms with van der Waals surface area (Å²) in [5.74, 6) is -0.130. The summed E-state index contributed by atoms with van der Waals surface area (Å²) in [5.41, 5.74) is 5.61. The Kier molecular flexibility index (Phi) is 5.33. The Labute approximate surface area is 108 Å². The summed E-state index contributed by atoms with van der Waals surface area (Å²) in [7, 11) is 0. The maximum atomic E-state index is 12.2. The van der Waals surface area contributed by atoms with E-state index in [0.717, 1.165) is 12.8 Å². The third-order valence-electron chi connectivity index (χ3n) is 3.45. The van der Waals surface area contributed by atoms with Gasteiger partial charge in [0.2, 0.25) is 5.91 Å². The van der Waals surface area contributed by atoms with E-state index in [2.05, 4.69) is 0 Å². The van der Waals surface area contributed by atoms with Gasteiger partial charge in [-0.2, -0.15) is 0 Å². The lowest BCUT2D eigenvalue weighted by Gasteiger charge is -2.36. The van der Waals surface area contributed by atoms with Crippen molar-refractivity contribution in [2.45, 2.75) is 39.2 Å². The van der Waals surface area contributed by atoms with Gasteiger partial charge >= 0.3 is 0 Å². The van der Waals surface area contributed by atoms with E-state index in [9.17, 15) is 9.90 Å². The second-order valence-electron chi connectivity index (χ2n) is 4.86. The molecule has 1 aliphatic rings. The van der Waals surface area contributed by atoms with Crippen LogP contribution in [0.25, 0.3) is 0 Å². The Morgan fingerprint density at radius 1 is 1.65 bits per heavy atom. The number of β-amino-alcohol motifs (C(OH)–C–C–N with tert-alkyl or cyclic N) is 1. The molecule has 1 saturated heterocycles. The fourth-order valence-corrected chi connectivity index (χ4v) is 2.36. The maximum Gasteiger partial charge on any atom is 0.232 e. The molecule has 1 heterocycles. The number of aliphatic hydroxyl groups is 1. The van der Waals surface area contributed by atoms with Gasteiger partial charge in [0.1, 0.15) is 0 Å². The molecule has 0 aromatic heterocycles. The molecular formula is C12H22N2O2S. The molecule has 0 radical (unpaired) electrons. The van der Waals surface area contributed by atoms with Crippen molar-refractivity contribution in [3.05, 3.63) is 0 Å². The van der Waals surface area contributed by atoms with E-state index in [1.807, 2.05) is 13.8 Å². The average molecular weight is 258 g/mol. The fourth-order valence-electron chi connectivity index (χ4n) is 2.15. The first kappa shape index (κ1) is 14.4. The molecule has 98 valence electrons. The molecule has 3 unspecified atom stereocenters. The van der Waals surface area contributed by atoms with E-state index in [1.165, 1.54) is 0 Å². The Balaban J connectivity index is 2.65. The molecule has 0 bridgehead atoms. The van der Waals surface area contributed by atoms with Crippen molar-refractivity contribution in [2.75, 3.05) is 13.1 Å². The van der Waals surface area contributed by atoms with Crippen LogP contribution in [0.15, 0.2) is 0 Å². The lowest BCUT2D eigenvalue weighted by atomic mass is 9.94. The summed E-state index contributed by atoms with van der Waals surface area (Å²) in [4.78, 5) is 14.2. The third kappa shape index (κ3) is 3.64. The second kappa shape index (κ2) is 6.31. The number of carbonyl (C=O) groups excluding carboxylic acids is 1. The van der Waals surface area contributed by atoms with Gasteiger partial charge in [0.15, 0.2) is 0 Å². The van der Waals surface area contributed by atoms with Crippen LogP contribution in [-0.4, -0.2) is 40.1 Å². The van der Waals surface area contributed by atoms with E-state index in [1.54, 1.807) is 4.90 Å². The van der Waals surface area contributed by atoms with Gasteiger partial charge in [0.05, 0.1) is 17.0 Å². The molecule has 0 aromatic carbocycles. The zero-order valence-corrected chi connectivity index (χ0v) is 11.4. The number of hydrogen-bond acceptors (Lipinski definition) is 3. The highest BCUT2D eigenvalue weighted by atomic mass is 32.1. The summed E-state index contributed by atoms with van der Waals surface area (Å²) >= 11 is 4.95. The predicted octanol–water partition coefficient (Wildman–Crippen LogP) is 0.918. The summed E-state index contributed by atoms with van der Waals surface area (Å²) in [5, 5.41) is 9.79. The molecule has 0 aliphatic carbocycles. The largest absolute Gasteiger partial charge is 0.393 e. The number of nitrogens with zero attached hydrogens (tertiary/aromatic N) is 1. The number of carbonyl (C=O) groups is 1. The molecule has 1 amide bonds. The zero-order chi connectivity index (χ0) is 13.0. The van der Waals surface area contributed by atoms with Gasteiger partial charge in [-0.15, -0.1) is 0 Å². The topological polar surface area (TPSA) is 66.6 Å². The van der Waals surface area contributed by atoms with E-state index < -0.39 is 6.10 Å². The van der Waals surface area contributed by atoms with Crippen molar-refractivity contribution in [1.82, 2.24) is 4.90 Å². The van der Waals surface area contributed by atoms with Crippen LogP contribution < -0.4 is 5.73 Å². The van der Waals surface area contributed by atoms with Crippen LogP contribution in [0.3, 0.4) is 0 Å². The normalized spacial score (nSPS) is 26.6. The van der Waals surface area contributed by atoms with Crippen molar-refractivity contribution in [3.63, 3.8) is 0 Å². The van der Waals surface area contributed by atoms with Crippen molar-refractivity contribution >= 4 is 23.1 Å². The minimum Gasteiger partial charge on any atom is -0.393 e. The molecule has 1 aliphatic heterocycles. The SMILES string of the molecule is CCCC(C(=O)N1CCC(C)C(O)C1)C(N)=S. The Morgan fingerprint density at radius 2 is 2.29 bits per heavy atom. The molecule has 1 rings (SSSR count). The molecule has 17 heavy (non-hydrogen) atoms. The van der Waals surface area contributed by atoms with Crippen LogP contribution in [0.5, 0.6) is 0 Å². The first-order valence-electron chi connectivity index (χ1n) is 6.23. The van der Waals surface area contributed by atoms with Crippen LogP contribution >= 0.6 is 12.2 Å². The van der Waals surface area contributed by atoms with Crippen molar-refractivity contribution < 1.29 is 9.90 Å². The highest BCUT2D eigenvalue weighted by Gasteiger charge is 2.31. The Morgan fingerprint density at radius 3 is 2.76 bits per heavy atom. The van der Waals surface area contributed by atoms with E-state index in [4.69, 9.17) is 18.0 Å². The van der Waals surface area contributed by atoms with Crippen molar-refractivity contribution in [3.8, 4) is 0 Å².